The van der Waals surface area contributed by atoms with Crippen molar-refractivity contribution in [3.05, 3.63) is 218 Å². The molecule has 0 atom stereocenters. The largest absolute Gasteiger partial charge is 0.309 e. The van der Waals surface area contributed by atoms with Crippen LogP contribution in [0.1, 0.15) is 0 Å². The van der Waals surface area contributed by atoms with Crippen molar-refractivity contribution in [2.75, 3.05) is 0 Å². The molecule has 3 heterocycles. The predicted octanol–water partition coefficient (Wildman–Crippen LogP) is 15.7. The third-order valence-corrected chi connectivity index (χ3v) is 12.9. The summed E-state index contributed by atoms with van der Waals surface area (Å²) in [5.41, 5.74) is 19.7. The molecule has 2 heteroatoms. The SMILES string of the molecule is c1ccc(-c2ccc(-c3ccc(-n4c5ccccc5c5cc(-c6ccc7c(c6)c6cccc8c6n7-c6ccccc6-c6cc7ccccc7cc6-8)ccc54)cc3)cc2)cc1. The van der Waals surface area contributed by atoms with E-state index in [9.17, 15) is 0 Å². The summed E-state index contributed by atoms with van der Waals surface area (Å²) in [7, 11) is 0. The van der Waals surface area contributed by atoms with Crippen LogP contribution in [0, 0.1) is 0 Å². The van der Waals surface area contributed by atoms with Gasteiger partial charge in [0.05, 0.1) is 27.8 Å². The van der Waals surface area contributed by atoms with Gasteiger partial charge >= 0.3 is 0 Å². The van der Waals surface area contributed by atoms with E-state index in [2.05, 4.69) is 228 Å². The zero-order valence-corrected chi connectivity index (χ0v) is 32.7. The topological polar surface area (TPSA) is 9.86 Å². The Morgan fingerprint density at radius 3 is 1.45 bits per heavy atom. The van der Waals surface area contributed by atoms with Crippen molar-refractivity contribution in [1.29, 1.82) is 0 Å². The maximum atomic E-state index is 2.51. The summed E-state index contributed by atoms with van der Waals surface area (Å²) in [4.78, 5) is 0. The van der Waals surface area contributed by atoms with Gasteiger partial charge in [-0.2, -0.15) is 0 Å². The molecule has 2 aromatic heterocycles. The Hall–Kier alpha value is -7.94. The second-order valence-electron chi connectivity index (χ2n) is 16.1. The Labute approximate surface area is 347 Å². The molecule has 0 spiro atoms. The van der Waals surface area contributed by atoms with Gasteiger partial charge in [0.1, 0.15) is 0 Å². The highest BCUT2D eigenvalue weighted by Gasteiger charge is 2.25. The number of benzene rings is 10. The zero-order valence-electron chi connectivity index (χ0n) is 32.7. The van der Waals surface area contributed by atoms with Crippen molar-refractivity contribution in [1.82, 2.24) is 9.13 Å². The van der Waals surface area contributed by atoms with Crippen LogP contribution in [0.4, 0.5) is 0 Å². The Balaban J connectivity index is 0.929. The van der Waals surface area contributed by atoms with Crippen molar-refractivity contribution in [3.8, 4) is 67.0 Å². The highest BCUT2D eigenvalue weighted by molar-refractivity contribution is 6.18. The van der Waals surface area contributed by atoms with Crippen LogP contribution in [-0.2, 0) is 0 Å². The first-order valence-corrected chi connectivity index (χ1v) is 20.8. The first-order chi connectivity index (χ1) is 29.7. The fourth-order valence-corrected chi connectivity index (χ4v) is 10.0. The smallest absolute Gasteiger partial charge is 0.0619 e. The van der Waals surface area contributed by atoms with E-state index >= 15 is 0 Å². The van der Waals surface area contributed by atoms with E-state index in [0.717, 1.165) is 5.69 Å². The van der Waals surface area contributed by atoms with E-state index in [-0.39, 0.29) is 0 Å². The number of para-hydroxylation sites is 3. The van der Waals surface area contributed by atoms with Gasteiger partial charge in [-0.3, -0.25) is 0 Å². The molecule has 0 aliphatic carbocycles. The molecule has 278 valence electrons. The van der Waals surface area contributed by atoms with E-state index in [4.69, 9.17) is 0 Å². The zero-order chi connectivity index (χ0) is 39.3. The number of aromatic nitrogens is 2. The van der Waals surface area contributed by atoms with Crippen LogP contribution < -0.4 is 0 Å². The van der Waals surface area contributed by atoms with Gasteiger partial charge in [0.2, 0.25) is 0 Å². The van der Waals surface area contributed by atoms with Crippen LogP contribution in [0.15, 0.2) is 218 Å². The Kier molecular flexibility index (Phi) is 7.05. The standard InChI is InChI=1S/C58H36N2/c1-2-11-37(12-3-1)38-21-23-39(24-22-38)40-25-29-45(30-26-40)59-54-19-8-7-16-47(54)52-35-43(27-31-56(52)59)44-28-32-57-53(36-44)49-18-10-17-48-51-34-42-14-5-4-13-41(42)33-50(51)46-15-6-9-20-55(46)60(57)58(48)49/h1-36H. The molecule has 0 saturated carbocycles. The minimum absolute atomic E-state index is 1.15. The maximum absolute atomic E-state index is 2.51. The van der Waals surface area contributed by atoms with Crippen molar-refractivity contribution in [2.24, 2.45) is 0 Å². The second kappa shape index (κ2) is 12.8. The minimum Gasteiger partial charge on any atom is -0.309 e. The molecule has 0 fully saturated rings. The van der Waals surface area contributed by atoms with Crippen LogP contribution >= 0.6 is 0 Å². The lowest BCUT2D eigenvalue weighted by Gasteiger charge is -2.13. The molecule has 0 radical (unpaired) electrons. The summed E-state index contributed by atoms with van der Waals surface area (Å²) in [5, 5.41) is 7.56. The lowest BCUT2D eigenvalue weighted by atomic mass is 9.91. The maximum Gasteiger partial charge on any atom is 0.0619 e. The lowest BCUT2D eigenvalue weighted by molar-refractivity contribution is 1.18. The van der Waals surface area contributed by atoms with Crippen LogP contribution in [0.3, 0.4) is 0 Å². The van der Waals surface area contributed by atoms with Gasteiger partial charge in [0.15, 0.2) is 0 Å². The van der Waals surface area contributed by atoms with Crippen LogP contribution in [-0.4, -0.2) is 9.13 Å². The predicted molar refractivity (Wildman–Crippen MR) is 253 cm³/mol. The quantitative estimate of drug-likeness (QED) is 0.169. The Morgan fingerprint density at radius 2 is 0.733 bits per heavy atom. The van der Waals surface area contributed by atoms with Crippen molar-refractivity contribution < 1.29 is 0 Å². The highest BCUT2D eigenvalue weighted by atomic mass is 15.0. The minimum atomic E-state index is 1.15. The number of fused-ring (bicyclic) bond motifs is 12. The van der Waals surface area contributed by atoms with E-state index in [1.54, 1.807) is 0 Å². The molecule has 0 bridgehead atoms. The first-order valence-electron chi connectivity index (χ1n) is 20.8. The molecule has 10 aromatic carbocycles. The molecule has 60 heavy (non-hydrogen) atoms. The summed E-state index contributed by atoms with van der Waals surface area (Å²) >= 11 is 0. The number of hydrogen-bond donors (Lipinski definition) is 0. The summed E-state index contributed by atoms with van der Waals surface area (Å²) in [5.74, 6) is 0. The van der Waals surface area contributed by atoms with Gasteiger partial charge in [0.25, 0.3) is 0 Å². The molecule has 2 nitrogen and oxygen atoms in total. The van der Waals surface area contributed by atoms with Crippen LogP contribution in [0.2, 0.25) is 0 Å². The summed E-state index contributed by atoms with van der Waals surface area (Å²) in [6, 6.07) is 80.5. The molecule has 12 aromatic rings. The normalized spacial score (nSPS) is 12.0. The van der Waals surface area contributed by atoms with Gasteiger partial charge in [-0.15, -0.1) is 0 Å². The molecule has 0 unspecified atom stereocenters. The molecule has 1 aliphatic heterocycles. The molecular weight excluding hydrogens is 725 g/mol. The van der Waals surface area contributed by atoms with Crippen LogP contribution in [0.5, 0.6) is 0 Å². The molecule has 0 saturated heterocycles. The Morgan fingerprint density at radius 1 is 0.250 bits per heavy atom. The third-order valence-electron chi connectivity index (χ3n) is 12.9. The molecule has 0 N–H and O–H groups in total. The number of hydrogen-bond acceptors (Lipinski definition) is 0. The van der Waals surface area contributed by atoms with E-state index in [1.807, 2.05) is 0 Å². The Bertz CT molecular complexity index is 3680. The average Bonchev–Trinajstić information content (AvgIpc) is 3.80. The van der Waals surface area contributed by atoms with E-state index in [0.29, 0.717) is 0 Å². The van der Waals surface area contributed by atoms with Gasteiger partial charge in [-0.05, 0) is 116 Å². The monoisotopic (exact) mass is 760 g/mol. The van der Waals surface area contributed by atoms with E-state index < -0.39 is 0 Å². The molecule has 0 amide bonds. The number of rotatable bonds is 4. The van der Waals surface area contributed by atoms with Gasteiger partial charge in [-0.1, -0.05) is 158 Å². The summed E-state index contributed by atoms with van der Waals surface area (Å²) < 4.78 is 4.91. The number of nitrogens with zero attached hydrogens (tertiary/aromatic N) is 2. The first kappa shape index (κ1) is 33.1. The second-order valence-corrected chi connectivity index (χ2v) is 16.1. The van der Waals surface area contributed by atoms with Gasteiger partial charge < -0.3 is 9.13 Å². The van der Waals surface area contributed by atoms with Crippen molar-refractivity contribution >= 4 is 54.4 Å². The van der Waals surface area contributed by atoms with Crippen molar-refractivity contribution in [3.63, 3.8) is 0 Å². The molecular formula is C58H36N2. The van der Waals surface area contributed by atoms with Crippen LogP contribution in [0.25, 0.3) is 121 Å². The van der Waals surface area contributed by atoms with Gasteiger partial charge in [0, 0.05) is 38.4 Å². The summed E-state index contributed by atoms with van der Waals surface area (Å²) in [6.07, 6.45) is 0. The highest BCUT2D eigenvalue weighted by Crippen LogP contribution is 2.48. The lowest BCUT2D eigenvalue weighted by Crippen LogP contribution is -1.95. The molecule has 13 rings (SSSR count). The summed E-state index contributed by atoms with van der Waals surface area (Å²) in [6.45, 7) is 0. The average molecular weight is 761 g/mol. The van der Waals surface area contributed by atoms with Crippen molar-refractivity contribution in [2.45, 2.75) is 0 Å². The molecule has 1 aliphatic rings. The fraction of sp³-hybridized carbons (Fsp3) is 0. The third kappa shape index (κ3) is 4.88. The van der Waals surface area contributed by atoms with Gasteiger partial charge in [-0.25, -0.2) is 0 Å². The fourth-order valence-electron chi connectivity index (χ4n) is 10.0. The van der Waals surface area contributed by atoms with E-state index in [1.165, 1.54) is 116 Å².